The van der Waals surface area contributed by atoms with Gasteiger partial charge in [0, 0.05) is 13.7 Å². The topological polar surface area (TPSA) is 39.9 Å². The van der Waals surface area contributed by atoms with Crippen LogP contribution in [0.2, 0.25) is 0 Å². The molecule has 90 valence electrons. The Hall–Kier alpha value is -1.68. The summed E-state index contributed by atoms with van der Waals surface area (Å²) in [5.74, 6) is 0.862. The number of ether oxygens (including phenoxy) is 1. The van der Waals surface area contributed by atoms with E-state index < -0.39 is 0 Å². The van der Waals surface area contributed by atoms with Crippen LogP contribution in [0.15, 0.2) is 36.7 Å². The molecule has 17 heavy (non-hydrogen) atoms. The highest BCUT2D eigenvalue weighted by Gasteiger charge is 2.18. The summed E-state index contributed by atoms with van der Waals surface area (Å²) < 4.78 is 7.59. The first-order valence-corrected chi connectivity index (χ1v) is 5.82. The zero-order valence-electron chi connectivity index (χ0n) is 10.2. The first-order chi connectivity index (χ1) is 8.36. The molecule has 2 rings (SSSR count). The van der Waals surface area contributed by atoms with E-state index in [0.29, 0.717) is 0 Å². The predicted octanol–water partition coefficient (Wildman–Crippen LogP) is 2.42. The first kappa shape index (κ1) is 11.8. The SMILES string of the molecule is CCCn1cnnc1C(OC)c1ccccc1. The van der Waals surface area contributed by atoms with E-state index in [1.807, 2.05) is 34.9 Å². The fourth-order valence-corrected chi connectivity index (χ4v) is 1.90. The van der Waals surface area contributed by atoms with Crippen molar-refractivity contribution >= 4 is 0 Å². The number of methoxy groups -OCH3 is 1. The van der Waals surface area contributed by atoms with E-state index in [1.165, 1.54) is 0 Å². The fraction of sp³-hybridized carbons (Fsp3) is 0.385. The van der Waals surface area contributed by atoms with E-state index in [2.05, 4.69) is 17.1 Å². The quantitative estimate of drug-likeness (QED) is 0.793. The van der Waals surface area contributed by atoms with Gasteiger partial charge in [-0.3, -0.25) is 0 Å². The Morgan fingerprint density at radius 1 is 1.29 bits per heavy atom. The maximum absolute atomic E-state index is 5.54. The van der Waals surface area contributed by atoms with Gasteiger partial charge in [-0.05, 0) is 12.0 Å². The van der Waals surface area contributed by atoms with Gasteiger partial charge in [-0.15, -0.1) is 10.2 Å². The molecule has 0 saturated carbocycles. The van der Waals surface area contributed by atoms with Crippen LogP contribution in [0.1, 0.15) is 30.8 Å². The van der Waals surface area contributed by atoms with E-state index in [9.17, 15) is 0 Å². The number of nitrogens with zero attached hydrogens (tertiary/aromatic N) is 3. The molecule has 2 aromatic rings. The summed E-state index contributed by atoms with van der Waals surface area (Å²) in [5, 5.41) is 8.14. The summed E-state index contributed by atoms with van der Waals surface area (Å²) in [6.07, 6.45) is 2.66. The summed E-state index contributed by atoms with van der Waals surface area (Å²) in [6.45, 7) is 3.04. The maximum atomic E-state index is 5.54. The van der Waals surface area contributed by atoms with Crippen molar-refractivity contribution in [3.8, 4) is 0 Å². The van der Waals surface area contributed by atoms with Gasteiger partial charge in [-0.2, -0.15) is 0 Å². The summed E-state index contributed by atoms with van der Waals surface area (Å²) in [7, 11) is 1.70. The van der Waals surface area contributed by atoms with Crippen molar-refractivity contribution in [2.75, 3.05) is 7.11 Å². The Balaban J connectivity index is 2.32. The molecule has 1 atom stereocenters. The van der Waals surface area contributed by atoms with Crippen LogP contribution in [-0.4, -0.2) is 21.9 Å². The van der Waals surface area contributed by atoms with E-state index >= 15 is 0 Å². The van der Waals surface area contributed by atoms with Crippen LogP contribution in [0.4, 0.5) is 0 Å². The van der Waals surface area contributed by atoms with Crippen LogP contribution in [0.25, 0.3) is 0 Å². The van der Waals surface area contributed by atoms with Gasteiger partial charge in [0.2, 0.25) is 0 Å². The third-order valence-corrected chi connectivity index (χ3v) is 2.68. The van der Waals surface area contributed by atoms with Gasteiger partial charge in [0.05, 0.1) is 0 Å². The number of rotatable bonds is 5. The van der Waals surface area contributed by atoms with Gasteiger partial charge >= 0.3 is 0 Å². The van der Waals surface area contributed by atoms with Crippen molar-refractivity contribution < 1.29 is 4.74 Å². The third kappa shape index (κ3) is 2.53. The van der Waals surface area contributed by atoms with E-state index in [1.54, 1.807) is 13.4 Å². The van der Waals surface area contributed by atoms with Crippen LogP contribution in [0.3, 0.4) is 0 Å². The highest BCUT2D eigenvalue weighted by Crippen LogP contribution is 2.23. The Kier molecular flexibility index (Phi) is 3.88. The molecule has 0 saturated heterocycles. The van der Waals surface area contributed by atoms with Crippen molar-refractivity contribution in [2.45, 2.75) is 26.0 Å². The molecule has 0 radical (unpaired) electrons. The van der Waals surface area contributed by atoms with Gasteiger partial charge in [-0.25, -0.2) is 0 Å². The first-order valence-electron chi connectivity index (χ1n) is 5.82. The molecule has 0 aliphatic rings. The Morgan fingerprint density at radius 3 is 2.71 bits per heavy atom. The highest BCUT2D eigenvalue weighted by atomic mass is 16.5. The lowest BCUT2D eigenvalue weighted by Crippen LogP contribution is -2.11. The largest absolute Gasteiger partial charge is 0.369 e. The van der Waals surface area contributed by atoms with E-state index in [4.69, 9.17) is 4.74 Å². The van der Waals surface area contributed by atoms with Crippen molar-refractivity contribution in [3.63, 3.8) is 0 Å². The van der Waals surface area contributed by atoms with Crippen LogP contribution >= 0.6 is 0 Å². The number of aryl methyl sites for hydroxylation is 1. The number of hydrogen-bond acceptors (Lipinski definition) is 3. The van der Waals surface area contributed by atoms with Crippen LogP contribution in [0, 0.1) is 0 Å². The molecule has 0 aliphatic carbocycles. The standard InChI is InChI=1S/C13H17N3O/c1-3-9-16-10-14-15-13(16)12(17-2)11-7-5-4-6-8-11/h4-8,10,12H,3,9H2,1-2H3. The molecule has 0 spiro atoms. The number of hydrogen-bond donors (Lipinski definition) is 0. The average Bonchev–Trinajstić information content (AvgIpc) is 2.81. The second kappa shape index (κ2) is 5.59. The van der Waals surface area contributed by atoms with Crippen molar-refractivity contribution in [3.05, 3.63) is 48.0 Å². The van der Waals surface area contributed by atoms with Crippen LogP contribution in [-0.2, 0) is 11.3 Å². The molecular formula is C13H17N3O. The molecule has 1 aromatic heterocycles. The van der Waals surface area contributed by atoms with Crippen LogP contribution in [0.5, 0.6) is 0 Å². The molecule has 0 N–H and O–H groups in total. The fourth-order valence-electron chi connectivity index (χ4n) is 1.90. The minimum absolute atomic E-state index is 0.148. The van der Waals surface area contributed by atoms with Gasteiger partial charge in [0.1, 0.15) is 12.4 Å². The van der Waals surface area contributed by atoms with Gasteiger partial charge in [0.15, 0.2) is 5.82 Å². The van der Waals surface area contributed by atoms with Gasteiger partial charge in [-0.1, -0.05) is 37.3 Å². The molecule has 1 heterocycles. The minimum atomic E-state index is -0.148. The number of benzene rings is 1. The Labute approximate surface area is 101 Å². The molecule has 1 unspecified atom stereocenters. The molecule has 0 bridgehead atoms. The van der Waals surface area contributed by atoms with Crippen molar-refractivity contribution in [1.82, 2.24) is 14.8 Å². The Morgan fingerprint density at radius 2 is 2.06 bits per heavy atom. The van der Waals surface area contributed by atoms with E-state index in [0.717, 1.165) is 24.4 Å². The zero-order valence-corrected chi connectivity index (χ0v) is 10.2. The smallest absolute Gasteiger partial charge is 0.166 e. The highest BCUT2D eigenvalue weighted by molar-refractivity contribution is 5.22. The lowest BCUT2D eigenvalue weighted by Gasteiger charge is -2.15. The van der Waals surface area contributed by atoms with Gasteiger partial charge in [0.25, 0.3) is 0 Å². The summed E-state index contributed by atoms with van der Waals surface area (Å²) >= 11 is 0. The summed E-state index contributed by atoms with van der Waals surface area (Å²) in [4.78, 5) is 0. The molecular weight excluding hydrogens is 214 g/mol. The summed E-state index contributed by atoms with van der Waals surface area (Å²) in [5.41, 5.74) is 1.10. The predicted molar refractivity (Wildman–Crippen MR) is 65.6 cm³/mol. The van der Waals surface area contributed by atoms with Gasteiger partial charge < -0.3 is 9.30 Å². The maximum Gasteiger partial charge on any atom is 0.166 e. The molecule has 0 aliphatic heterocycles. The monoisotopic (exact) mass is 231 g/mol. The minimum Gasteiger partial charge on any atom is -0.369 e. The molecule has 1 aromatic carbocycles. The normalized spacial score (nSPS) is 12.6. The van der Waals surface area contributed by atoms with Crippen molar-refractivity contribution in [1.29, 1.82) is 0 Å². The number of aromatic nitrogens is 3. The average molecular weight is 231 g/mol. The lowest BCUT2D eigenvalue weighted by molar-refractivity contribution is 0.125. The Bertz CT molecular complexity index is 453. The second-order valence-electron chi connectivity index (χ2n) is 3.91. The lowest BCUT2D eigenvalue weighted by atomic mass is 10.1. The molecule has 0 amide bonds. The molecule has 4 heteroatoms. The van der Waals surface area contributed by atoms with E-state index in [-0.39, 0.29) is 6.10 Å². The molecule has 4 nitrogen and oxygen atoms in total. The van der Waals surface area contributed by atoms with Crippen molar-refractivity contribution in [2.24, 2.45) is 0 Å². The van der Waals surface area contributed by atoms with Crippen LogP contribution < -0.4 is 0 Å². The zero-order chi connectivity index (χ0) is 12.1. The molecule has 0 fully saturated rings. The summed E-state index contributed by atoms with van der Waals surface area (Å²) in [6, 6.07) is 10.1. The second-order valence-corrected chi connectivity index (χ2v) is 3.91. The third-order valence-electron chi connectivity index (χ3n) is 2.68.